The summed E-state index contributed by atoms with van der Waals surface area (Å²) in [6.07, 6.45) is 4.72. The molecule has 0 saturated carbocycles. The van der Waals surface area contributed by atoms with E-state index in [1.807, 2.05) is 35.9 Å². The van der Waals surface area contributed by atoms with Crippen LogP contribution in [0.15, 0.2) is 34.9 Å². The number of carbonyl (C=O) groups is 1. The van der Waals surface area contributed by atoms with Gasteiger partial charge in [0.05, 0.1) is 23.1 Å². The minimum Gasteiger partial charge on any atom is -0.350 e. The summed E-state index contributed by atoms with van der Waals surface area (Å²) < 4.78 is 2.86. The zero-order chi connectivity index (χ0) is 16.2. The Morgan fingerprint density at radius 2 is 2.22 bits per heavy atom. The molecule has 2 N–H and O–H groups in total. The lowest BCUT2D eigenvalue weighted by molar-refractivity contribution is 0.0949. The Kier molecular flexibility index (Phi) is 5.13. The third kappa shape index (κ3) is 3.64. The lowest BCUT2D eigenvalue weighted by Crippen LogP contribution is -2.37. The minimum absolute atomic E-state index is 0.0427. The fraction of sp³-hybridized carbons (Fsp3) is 0.412. The lowest BCUT2D eigenvalue weighted by atomic mass is 10.1. The van der Waals surface area contributed by atoms with Gasteiger partial charge in [-0.2, -0.15) is 5.10 Å². The number of halogens is 1. The molecular formula is C17H21BrN4O. The van der Waals surface area contributed by atoms with Crippen LogP contribution in [0.4, 0.5) is 0 Å². The molecule has 1 saturated heterocycles. The van der Waals surface area contributed by atoms with Crippen LogP contribution in [0, 0.1) is 0 Å². The third-order valence-corrected chi connectivity index (χ3v) is 4.72. The van der Waals surface area contributed by atoms with Crippen molar-refractivity contribution in [3.63, 3.8) is 0 Å². The van der Waals surface area contributed by atoms with Crippen molar-refractivity contribution in [1.82, 2.24) is 20.4 Å². The van der Waals surface area contributed by atoms with Crippen LogP contribution in [0.3, 0.4) is 0 Å². The van der Waals surface area contributed by atoms with Gasteiger partial charge in [0.15, 0.2) is 0 Å². The van der Waals surface area contributed by atoms with E-state index in [0.717, 1.165) is 35.2 Å². The van der Waals surface area contributed by atoms with E-state index >= 15 is 0 Å². The van der Waals surface area contributed by atoms with E-state index in [4.69, 9.17) is 0 Å². The minimum atomic E-state index is -0.0427. The summed E-state index contributed by atoms with van der Waals surface area (Å²) in [6, 6.07) is 8.32. The maximum Gasteiger partial charge on any atom is 0.254 e. The van der Waals surface area contributed by atoms with Gasteiger partial charge in [-0.05, 0) is 50.1 Å². The van der Waals surface area contributed by atoms with Gasteiger partial charge >= 0.3 is 0 Å². The van der Waals surface area contributed by atoms with Crippen LogP contribution in [-0.2, 0) is 6.42 Å². The highest BCUT2D eigenvalue weighted by Gasteiger charge is 2.19. The van der Waals surface area contributed by atoms with Crippen LogP contribution in [-0.4, -0.2) is 34.8 Å². The zero-order valence-electron chi connectivity index (χ0n) is 13.2. The maximum absolute atomic E-state index is 12.5. The molecule has 1 aliphatic heterocycles. The summed E-state index contributed by atoms with van der Waals surface area (Å²) in [4.78, 5) is 12.5. The maximum atomic E-state index is 12.5. The van der Waals surface area contributed by atoms with Gasteiger partial charge in [0, 0.05) is 17.1 Å². The molecule has 1 atom stereocenters. The first-order valence-corrected chi connectivity index (χ1v) is 8.82. The Labute approximate surface area is 144 Å². The van der Waals surface area contributed by atoms with E-state index in [0.29, 0.717) is 18.2 Å². The van der Waals surface area contributed by atoms with Gasteiger partial charge in [-0.1, -0.05) is 22.9 Å². The molecule has 3 rings (SSSR count). The second kappa shape index (κ2) is 7.27. The Balaban J connectivity index is 1.77. The Hall–Kier alpha value is -1.66. The van der Waals surface area contributed by atoms with Gasteiger partial charge in [0.25, 0.3) is 5.91 Å². The molecule has 1 amide bonds. The van der Waals surface area contributed by atoms with Gasteiger partial charge < -0.3 is 10.6 Å². The van der Waals surface area contributed by atoms with Gasteiger partial charge in [-0.3, -0.25) is 4.79 Å². The fourth-order valence-electron chi connectivity index (χ4n) is 2.95. The summed E-state index contributed by atoms with van der Waals surface area (Å²) in [7, 11) is 0. The van der Waals surface area contributed by atoms with E-state index in [-0.39, 0.29) is 5.91 Å². The average Bonchev–Trinajstić information content (AvgIpc) is 3.22. The number of carbonyl (C=O) groups excluding carboxylic acids is 1. The molecule has 1 aliphatic rings. The normalized spacial score (nSPS) is 17.4. The Morgan fingerprint density at radius 1 is 1.43 bits per heavy atom. The molecule has 1 unspecified atom stereocenters. The lowest BCUT2D eigenvalue weighted by Gasteiger charge is -2.12. The van der Waals surface area contributed by atoms with Crippen molar-refractivity contribution >= 4 is 21.8 Å². The first-order chi connectivity index (χ1) is 11.2. The van der Waals surface area contributed by atoms with Crippen molar-refractivity contribution in [3.8, 4) is 5.69 Å². The van der Waals surface area contributed by atoms with Gasteiger partial charge in [0.1, 0.15) is 0 Å². The van der Waals surface area contributed by atoms with Gasteiger partial charge in [-0.15, -0.1) is 0 Å². The highest BCUT2D eigenvalue weighted by molar-refractivity contribution is 9.10. The van der Waals surface area contributed by atoms with E-state index in [1.165, 1.54) is 6.42 Å². The molecule has 0 aliphatic carbocycles. The van der Waals surface area contributed by atoms with Crippen molar-refractivity contribution in [1.29, 1.82) is 0 Å². The Bertz CT molecular complexity index is 674. The summed E-state index contributed by atoms with van der Waals surface area (Å²) in [6.45, 7) is 3.76. The van der Waals surface area contributed by atoms with E-state index in [2.05, 4.69) is 31.7 Å². The van der Waals surface area contributed by atoms with Gasteiger partial charge in [-0.25, -0.2) is 4.68 Å². The average molecular weight is 377 g/mol. The van der Waals surface area contributed by atoms with E-state index < -0.39 is 0 Å². The molecule has 2 heterocycles. The number of benzene rings is 1. The van der Waals surface area contributed by atoms with Crippen molar-refractivity contribution in [2.24, 2.45) is 0 Å². The smallest absolute Gasteiger partial charge is 0.254 e. The Morgan fingerprint density at radius 3 is 2.87 bits per heavy atom. The fourth-order valence-corrected chi connectivity index (χ4v) is 3.21. The number of rotatable bonds is 5. The van der Waals surface area contributed by atoms with E-state index in [1.54, 1.807) is 6.20 Å². The van der Waals surface area contributed by atoms with Crippen molar-refractivity contribution < 1.29 is 4.79 Å². The quantitative estimate of drug-likeness (QED) is 0.843. The number of nitrogens with zero attached hydrogens (tertiary/aromatic N) is 2. The molecule has 122 valence electrons. The zero-order valence-corrected chi connectivity index (χ0v) is 14.8. The molecule has 6 heteroatoms. The monoisotopic (exact) mass is 376 g/mol. The topological polar surface area (TPSA) is 59.0 Å². The molecule has 1 aromatic heterocycles. The van der Waals surface area contributed by atoms with Crippen LogP contribution in [0.1, 0.15) is 35.8 Å². The molecule has 0 spiro atoms. The summed E-state index contributed by atoms with van der Waals surface area (Å²) in [5, 5.41) is 10.8. The van der Waals surface area contributed by atoms with Crippen LogP contribution in [0.25, 0.3) is 5.69 Å². The largest absolute Gasteiger partial charge is 0.350 e. The summed E-state index contributed by atoms with van der Waals surface area (Å²) in [5.74, 6) is -0.0427. The predicted octanol–water partition coefficient (Wildman–Crippen LogP) is 2.68. The number of amides is 1. The van der Waals surface area contributed by atoms with Crippen LogP contribution < -0.4 is 10.6 Å². The molecule has 2 aromatic rings. The molecular weight excluding hydrogens is 356 g/mol. The number of hydrogen-bond acceptors (Lipinski definition) is 3. The molecule has 1 fully saturated rings. The van der Waals surface area contributed by atoms with E-state index in [9.17, 15) is 4.79 Å². The highest BCUT2D eigenvalue weighted by Crippen LogP contribution is 2.18. The second-order valence-electron chi connectivity index (χ2n) is 5.75. The molecule has 0 bridgehead atoms. The van der Waals surface area contributed by atoms with Gasteiger partial charge in [0.2, 0.25) is 0 Å². The molecule has 5 nitrogen and oxygen atoms in total. The van der Waals surface area contributed by atoms with Crippen LogP contribution in [0.2, 0.25) is 0 Å². The molecule has 1 aromatic carbocycles. The molecule has 23 heavy (non-hydrogen) atoms. The predicted molar refractivity (Wildman–Crippen MR) is 94.0 cm³/mol. The highest BCUT2D eigenvalue weighted by atomic mass is 79.9. The van der Waals surface area contributed by atoms with Crippen molar-refractivity contribution in [3.05, 3.63) is 46.2 Å². The standard InChI is InChI=1S/C17H21BrN4O/c1-2-16-15(17(23)20-10-13-4-3-9-19-13)11-21-22(16)14-7-5-12(18)6-8-14/h5-8,11,13,19H,2-4,9-10H2,1H3,(H,20,23). The number of nitrogens with one attached hydrogen (secondary N) is 2. The number of hydrogen-bond donors (Lipinski definition) is 2. The molecule has 0 radical (unpaired) electrons. The first kappa shape index (κ1) is 16.2. The first-order valence-electron chi connectivity index (χ1n) is 8.03. The summed E-state index contributed by atoms with van der Waals surface area (Å²) in [5.41, 5.74) is 2.55. The van der Waals surface area contributed by atoms with Crippen LogP contribution >= 0.6 is 15.9 Å². The van der Waals surface area contributed by atoms with Crippen molar-refractivity contribution in [2.45, 2.75) is 32.2 Å². The third-order valence-electron chi connectivity index (χ3n) is 4.19. The SMILES string of the molecule is CCc1c(C(=O)NCC2CCCN2)cnn1-c1ccc(Br)cc1. The summed E-state index contributed by atoms with van der Waals surface area (Å²) >= 11 is 3.44. The van der Waals surface area contributed by atoms with Crippen molar-refractivity contribution in [2.75, 3.05) is 13.1 Å². The van der Waals surface area contributed by atoms with Crippen LogP contribution in [0.5, 0.6) is 0 Å². The number of aromatic nitrogens is 2. The second-order valence-corrected chi connectivity index (χ2v) is 6.67.